The monoisotopic (exact) mass is 290 g/mol. The molecule has 1 aromatic rings. The van der Waals surface area contributed by atoms with E-state index in [1.54, 1.807) is 0 Å². The molecule has 1 aliphatic carbocycles. The van der Waals surface area contributed by atoms with Crippen LogP contribution >= 0.6 is 11.6 Å². The fourth-order valence-electron chi connectivity index (χ4n) is 1.88. The Morgan fingerprint density at radius 3 is 2.32 bits per heavy atom. The minimum Gasteiger partial charge on any atom is -0.481 e. The number of benzene rings is 1. The van der Waals surface area contributed by atoms with Gasteiger partial charge in [-0.2, -0.15) is 13.2 Å². The van der Waals surface area contributed by atoms with Gasteiger partial charge in [-0.25, -0.2) is 0 Å². The second kappa shape index (κ2) is 4.89. The molecule has 0 radical (unpaired) electrons. The highest BCUT2D eigenvalue weighted by molar-refractivity contribution is 6.30. The van der Waals surface area contributed by atoms with Gasteiger partial charge in [0.05, 0.1) is 11.5 Å². The van der Waals surface area contributed by atoms with E-state index in [9.17, 15) is 18.0 Å². The lowest BCUT2D eigenvalue weighted by Gasteiger charge is -2.12. The first kappa shape index (κ1) is 13.9. The van der Waals surface area contributed by atoms with Gasteiger partial charge in [0.25, 0.3) is 0 Å². The van der Waals surface area contributed by atoms with E-state index in [1.165, 1.54) is 24.3 Å². The normalized spacial score (nSPS) is 23.3. The Hall–Kier alpha value is -1.49. The van der Waals surface area contributed by atoms with Gasteiger partial charge >= 0.3 is 12.1 Å². The molecule has 1 N–H and O–H groups in total. The zero-order chi connectivity index (χ0) is 14.2. The first-order chi connectivity index (χ1) is 8.79. The highest BCUT2D eigenvalue weighted by atomic mass is 35.5. The molecule has 102 valence electrons. The molecule has 1 fully saturated rings. The molecule has 1 saturated carbocycles. The van der Waals surface area contributed by atoms with Crippen LogP contribution < -0.4 is 0 Å². The lowest BCUT2D eigenvalue weighted by molar-refractivity contribution is -0.138. The molecular weight excluding hydrogens is 281 g/mol. The van der Waals surface area contributed by atoms with Crippen LogP contribution in [0.15, 0.2) is 30.3 Å². The van der Waals surface area contributed by atoms with Crippen LogP contribution in [-0.2, 0) is 4.79 Å². The van der Waals surface area contributed by atoms with Gasteiger partial charge in [-0.15, -0.1) is 0 Å². The van der Waals surface area contributed by atoms with Crippen LogP contribution in [0, 0.1) is 11.8 Å². The van der Waals surface area contributed by atoms with Crippen LogP contribution in [0.4, 0.5) is 13.2 Å². The molecule has 0 bridgehead atoms. The predicted octanol–water partition coefficient (Wildman–Crippen LogP) is 4.01. The maximum absolute atomic E-state index is 13.0. The largest absolute Gasteiger partial charge is 0.481 e. The first-order valence-corrected chi connectivity index (χ1v) is 5.94. The number of hydrogen-bond donors (Lipinski definition) is 1. The number of alkyl halides is 3. The molecule has 1 aromatic carbocycles. The van der Waals surface area contributed by atoms with Crippen molar-refractivity contribution in [3.8, 4) is 0 Å². The fourth-order valence-corrected chi connectivity index (χ4v) is 2.01. The number of carboxylic acids is 1. The molecule has 0 aromatic heterocycles. The molecular formula is C13H10ClF3O2. The number of halogens is 4. The minimum atomic E-state index is -4.51. The summed E-state index contributed by atoms with van der Waals surface area (Å²) in [5, 5.41) is 9.07. The van der Waals surface area contributed by atoms with Crippen LogP contribution in [0.1, 0.15) is 12.0 Å². The zero-order valence-corrected chi connectivity index (χ0v) is 10.4. The summed E-state index contributed by atoms with van der Waals surface area (Å²) in [6.07, 6.45) is -3.26. The predicted molar refractivity (Wildman–Crippen MR) is 64.7 cm³/mol. The molecule has 0 saturated heterocycles. The van der Waals surface area contributed by atoms with Crippen LogP contribution in [0.5, 0.6) is 0 Å². The lowest BCUT2D eigenvalue weighted by Crippen LogP contribution is -2.11. The number of hydrogen-bond acceptors (Lipinski definition) is 1. The van der Waals surface area contributed by atoms with Crippen LogP contribution in [0.3, 0.4) is 0 Å². The van der Waals surface area contributed by atoms with E-state index in [4.69, 9.17) is 16.7 Å². The average Bonchev–Trinajstić information content (AvgIpc) is 3.05. The topological polar surface area (TPSA) is 37.3 Å². The van der Waals surface area contributed by atoms with Crippen molar-refractivity contribution in [3.05, 3.63) is 40.9 Å². The van der Waals surface area contributed by atoms with E-state index in [0.717, 1.165) is 6.08 Å². The summed E-state index contributed by atoms with van der Waals surface area (Å²) < 4.78 is 38.9. The van der Waals surface area contributed by atoms with Crippen LogP contribution in [0.25, 0.3) is 5.57 Å². The van der Waals surface area contributed by atoms with Crippen LogP contribution in [-0.4, -0.2) is 17.3 Å². The van der Waals surface area contributed by atoms with Gasteiger partial charge in [0, 0.05) is 5.02 Å². The van der Waals surface area contributed by atoms with Crippen molar-refractivity contribution in [2.75, 3.05) is 0 Å². The minimum absolute atomic E-state index is 0.00654. The Kier molecular flexibility index (Phi) is 3.58. The van der Waals surface area contributed by atoms with Crippen molar-refractivity contribution in [1.29, 1.82) is 0 Å². The van der Waals surface area contributed by atoms with E-state index in [1.807, 2.05) is 0 Å². The van der Waals surface area contributed by atoms with E-state index in [2.05, 4.69) is 0 Å². The molecule has 0 unspecified atom stereocenters. The third-order valence-electron chi connectivity index (χ3n) is 3.00. The summed E-state index contributed by atoms with van der Waals surface area (Å²) in [5.74, 6) is -2.31. The average molecular weight is 291 g/mol. The van der Waals surface area contributed by atoms with Crippen molar-refractivity contribution in [1.82, 2.24) is 0 Å². The Balaban J connectivity index is 2.30. The number of allylic oxidation sites excluding steroid dienone is 2. The third-order valence-corrected chi connectivity index (χ3v) is 3.25. The number of carbonyl (C=O) groups is 1. The number of rotatable bonds is 3. The molecule has 0 amide bonds. The summed E-state index contributed by atoms with van der Waals surface area (Å²) >= 11 is 5.63. The second-order valence-electron chi connectivity index (χ2n) is 4.43. The van der Waals surface area contributed by atoms with Gasteiger partial charge in [-0.3, -0.25) is 4.79 Å². The van der Waals surface area contributed by atoms with E-state index < -0.39 is 29.6 Å². The molecule has 0 spiro atoms. The Morgan fingerprint density at radius 2 is 1.89 bits per heavy atom. The Morgan fingerprint density at radius 1 is 1.32 bits per heavy atom. The van der Waals surface area contributed by atoms with E-state index in [-0.39, 0.29) is 12.0 Å². The van der Waals surface area contributed by atoms with Gasteiger partial charge in [0.2, 0.25) is 0 Å². The fraction of sp³-hybridized carbons (Fsp3) is 0.308. The van der Waals surface area contributed by atoms with Gasteiger partial charge < -0.3 is 5.11 Å². The Labute approximate surface area is 112 Å². The highest BCUT2D eigenvalue weighted by Gasteiger charge is 2.44. The number of carboxylic acid groups (broad SMARTS) is 1. The van der Waals surface area contributed by atoms with E-state index in [0.29, 0.717) is 5.02 Å². The van der Waals surface area contributed by atoms with Gasteiger partial charge in [-0.1, -0.05) is 29.8 Å². The van der Waals surface area contributed by atoms with Crippen LogP contribution in [0.2, 0.25) is 5.02 Å². The summed E-state index contributed by atoms with van der Waals surface area (Å²) in [6.45, 7) is 0. The smallest absolute Gasteiger partial charge is 0.416 e. The molecule has 6 heteroatoms. The highest BCUT2D eigenvalue weighted by Crippen LogP contribution is 2.44. The van der Waals surface area contributed by atoms with Gasteiger partial charge in [0.15, 0.2) is 0 Å². The quantitative estimate of drug-likeness (QED) is 0.913. The summed E-state index contributed by atoms with van der Waals surface area (Å²) in [5.41, 5.74) is -0.814. The number of aliphatic carboxylic acids is 1. The zero-order valence-electron chi connectivity index (χ0n) is 9.62. The van der Waals surface area contributed by atoms with Crippen molar-refractivity contribution < 1.29 is 23.1 Å². The SMILES string of the molecule is O=C(O)[C@@H]1C[C@@H]1/C=C(/c1ccc(Cl)cc1)C(F)(F)F. The standard InChI is InChI=1S/C13H10ClF3O2/c14-9-3-1-7(2-4-9)11(13(15,16)17)6-8-5-10(8)12(18)19/h1-4,6,8,10H,5H2,(H,18,19)/b11-6-/t8-,10-/m1/s1. The molecule has 0 heterocycles. The second-order valence-corrected chi connectivity index (χ2v) is 4.87. The van der Waals surface area contributed by atoms with Crippen molar-refractivity contribution in [3.63, 3.8) is 0 Å². The maximum Gasteiger partial charge on any atom is 0.416 e. The first-order valence-electron chi connectivity index (χ1n) is 5.57. The molecule has 2 nitrogen and oxygen atoms in total. The lowest BCUT2D eigenvalue weighted by atomic mass is 10.0. The van der Waals surface area contributed by atoms with Crippen molar-refractivity contribution >= 4 is 23.1 Å². The van der Waals surface area contributed by atoms with Gasteiger partial charge in [0.1, 0.15) is 0 Å². The summed E-state index contributed by atoms with van der Waals surface area (Å²) in [6, 6.07) is 5.30. The molecule has 2 atom stereocenters. The van der Waals surface area contributed by atoms with Crippen molar-refractivity contribution in [2.45, 2.75) is 12.6 Å². The summed E-state index contributed by atoms with van der Waals surface area (Å²) in [7, 11) is 0. The molecule has 0 aliphatic heterocycles. The van der Waals surface area contributed by atoms with Gasteiger partial charge in [-0.05, 0) is 30.0 Å². The maximum atomic E-state index is 13.0. The van der Waals surface area contributed by atoms with E-state index >= 15 is 0 Å². The summed E-state index contributed by atoms with van der Waals surface area (Å²) in [4.78, 5) is 10.7. The Bertz CT molecular complexity index is 520. The molecule has 19 heavy (non-hydrogen) atoms. The third kappa shape index (κ3) is 3.29. The van der Waals surface area contributed by atoms with Crippen molar-refractivity contribution in [2.24, 2.45) is 11.8 Å². The molecule has 1 aliphatic rings. The molecule has 2 rings (SSSR count).